The first-order valence-electron chi connectivity index (χ1n) is 4.35. The van der Waals surface area contributed by atoms with Crippen molar-refractivity contribution in [3.63, 3.8) is 0 Å². The van der Waals surface area contributed by atoms with E-state index < -0.39 is 14.7 Å². The van der Waals surface area contributed by atoms with Crippen LogP contribution < -0.4 is 0 Å². The molecule has 3 nitrogen and oxygen atoms in total. The van der Waals surface area contributed by atoms with E-state index in [1.54, 1.807) is 31.2 Å². The zero-order valence-corrected chi connectivity index (χ0v) is 10.6. The molecule has 0 aliphatic rings. The Morgan fingerprint density at radius 2 is 1.93 bits per heavy atom. The zero-order valence-electron chi connectivity index (χ0n) is 8.12. The standard InChI is InChI=1S/C9H12O3S3/c1-2-9(15(10,11)12)14-8-5-3-7(13)4-6-8/h3-6,9,13H,2H2,1H3,(H,10,11,12). The largest absolute Gasteiger partial charge is 0.285 e. The number of thiol groups is 1. The summed E-state index contributed by atoms with van der Waals surface area (Å²) in [5, 5.41) is 0. The predicted molar refractivity (Wildman–Crippen MR) is 65.2 cm³/mol. The van der Waals surface area contributed by atoms with E-state index in [9.17, 15) is 8.42 Å². The van der Waals surface area contributed by atoms with Gasteiger partial charge in [-0.3, -0.25) is 4.55 Å². The van der Waals surface area contributed by atoms with Gasteiger partial charge in [0, 0.05) is 9.79 Å². The van der Waals surface area contributed by atoms with Gasteiger partial charge in [0.15, 0.2) is 0 Å². The van der Waals surface area contributed by atoms with Crippen LogP contribution in [0, 0.1) is 0 Å². The summed E-state index contributed by atoms with van der Waals surface area (Å²) in [6.45, 7) is 1.72. The van der Waals surface area contributed by atoms with Gasteiger partial charge < -0.3 is 0 Å². The van der Waals surface area contributed by atoms with Crippen molar-refractivity contribution in [1.29, 1.82) is 0 Å². The fourth-order valence-corrected chi connectivity index (χ4v) is 3.18. The number of rotatable bonds is 4. The van der Waals surface area contributed by atoms with Crippen LogP contribution in [0.15, 0.2) is 34.1 Å². The molecule has 1 unspecified atom stereocenters. The molecule has 1 N–H and O–H groups in total. The second-order valence-corrected chi connectivity index (χ2v) is 6.65. The van der Waals surface area contributed by atoms with Gasteiger partial charge in [-0.05, 0) is 30.7 Å². The van der Waals surface area contributed by atoms with Crippen LogP contribution in [0.25, 0.3) is 0 Å². The van der Waals surface area contributed by atoms with Crippen LogP contribution in [0.4, 0.5) is 0 Å². The normalized spacial score (nSPS) is 13.8. The first-order valence-corrected chi connectivity index (χ1v) is 7.18. The van der Waals surface area contributed by atoms with Gasteiger partial charge in [-0.25, -0.2) is 0 Å². The van der Waals surface area contributed by atoms with Crippen molar-refractivity contribution < 1.29 is 13.0 Å². The van der Waals surface area contributed by atoms with Gasteiger partial charge >= 0.3 is 0 Å². The van der Waals surface area contributed by atoms with E-state index in [4.69, 9.17) is 4.55 Å². The van der Waals surface area contributed by atoms with Crippen LogP contribution in [-0.2, 0) is 10.1 Å². The molecule has 0 heterocycles. The third-order valence-electron chi connectivity index (χ3n) is 1.77. The van der Waals surface area contributed by atoms with Gasteiger partial charge in [0.1, 0.15) is 4.58 Å². The molecule has 0 radical (unpaired) electrons. The molecule has 0 saturated carbocycles. The molecule has 1 atom stereocenters. The lowest BCUT2D eigenvalue weighted by atomic mass is 10.4. The van der Waals surface area contributed by atoms with E-state index in [0.29, 0.717) is 6.42 Å². The van der Waals surface area contributed by atoms with E-state index in [1.165, 1.54) is 0 Å². The third-order valence-corrected chi connectivity index (χ3v) is 5.22. The molecule has 0 aliphatic heterocycles. The van der Waals surface area contributed by atoms with Gasteiger partial charge in [-0.2, -0.15) is 8.42 Å². The Balaban J connectivity index is 2.80. The second kappa shape index (κ2) is 5.25. The fraction of sp³-hybridized carbons (Fsp3) is 0.333. The number of hydrogen-bond acceptors (Lipinski definition) is 4. The molecule has 0 saturated heterocycles. The molecule has 1 rings (SSSR count). The highest BCUT2D eigenvalue weighted by atomic mass is 32.3. The molecule has 0 spiro atoms. The number of benzene rings is 1. The Kier molecular flexibility index (Phi) is 4.51. The number of hydrogen-bond donors (Lipinski definition) is 2. The molecule has 0 aliphatic carbocycles. The Labute approximate surface area is 99.4 Å². The summed E-state index contributed by atoms with van der Waals surface area (Å²) in [7, 11) is -3.98. The van der Waals surface area contributed by atoms with Crippen LogP contribution in [0.3, 0.4) is 0 Å². The van der Waals surface area contributed by atoms with Gasteiger partial charge in [0.2, 0.25) is 0 Å². The Morgan fingerprint density at radius 1 is 1.40 bits per heavy atom. The first kappa shape index (κ1) is 12.9. The summed E-state index contributed by atoms with van der Waals surface area (Å²) >= 11 is 5.26. The van der Waals surface area contributed by atoms with Crippen molar-refractivity contribution in [1.82, 2.24) is 0 Å². The summed E-state index contributed by atoms with van der Waals surface area (Å²) in [6, 6.07) is 7.12. The highest BCUT2D eigenvalue weighted by Crippen LogP contribution is 2.28. The van der Waals surface area contributed by atoms with Crippen molar-refractivity contribution in [3.05, 3.63) is 24.3 Å². The second-order valence-electron chi connectivity index (χ2n) is 2.96. The lowest BCUT2D eigenvalue weighted by Gasteiger charge is -2.10. The summed E-state index contributed by atoms with van der Waals surface area (Å²) in [5.41, 5.74) is 0. The summed E-state index contributed by atoms with van der Waals surface area (Å²) < 4.78 is 30.0. The highest BCUT2D eigenvalue weighted by Gasteiger charge is 2.21. The van der Waals surface area contributed by atoms with Gasteiger partial charge in [-0.15, -0.1) is 24.4 Å². The molecule has 6 heteroatoms. The molecular formula is C9H12O3S3. The Bertz CT molecular complexity index is 411. The smallest absolute Gasteiger partial charge is 0.277 e. The topological polar surface area (TPSA) is 54.4 Å². The van der Waals surface area contributed by atoms with Crippen LogP contribution in [0.1, 0.15) is 13.3 Å². The maximum atomic E-state index is 11.0. The summed E-state index contributed by atoms with van der Waals surface area (Å²) in [6.07, 6.45) is 0.367. The Morgan fingerprint density at radius 3 is 2.33 bits per heavy atom. The molecule has 0 amide bonds. The van der Waals surface area contributed by atoms with Crippen molar-refractivity contribution in [2.45, 2.75) is 27.7 Å². The van der Waals surface area contributed by atoms with E-state index >= 15 is 0 Å². The highest BCUT2D eigenvalue weighted by molar-refractivity contribution is 8.11. The van der Waals surface area contributed by atoms with Crippen molar-refractivity contribution >= 4 is 34.5 Å². The average Bonchev–Trinajstić information content (AvgIpc) is 2.15. The van der Waals surface area contributed by atoms with E-state index in [-0.39, 0.29) is 0 Å². The SMILES string of the molecule is CCC(Sc1ccc(S)cc1)S(=O)(=O)O. The van der Waals surface area contributed by atoms with Gasteiger partial charge in [0.05, 0.1) is 0 Å². The average molecular weight is 264 g/mol. The van der Waals surface area contributed by atoms with Gasteiger partial charge in [0.25, 0.3) is 10.1 Å². The molecule has 0 bridgehead atoms. The molecule has 1 aromatic carbocycles. The number of thioether (sulfide) groups is 1. The zero-order chi connectivity index (χ0) is 11.5. The predicted octanol–water partition coefficient (Wildman–Crippen LogP) is 2.69. The molecular weight excluding hydrogens is 252 g/mol. The van der Waals surface area contributed by atoms with Crippen LogP contribution in [0.2, 0.25) is 0 Å². The van der Waals surface area contributed by atoms with Crippen LogP contribution >= 0.6 is 24.4 Å². The molecule has 0 aromatic heterocycles. The summed E-state index contributed by atoms with van der Waals surface area (Å²) in [4.78, 5) is 1.62. The van der Waals surface area contributed by atoms with Crippen molar-refractivity contribution in [2.24, 2.45) is 0 Å². The van der Waals surface area contributed by atoms with E-state index in [1.807, 2.05) is 0 Å². The lowest BCUT2D eigenvalue weighted by molar-refractivity contribution is 0.478. The minimum atomic E-state index is -3.98. The van der Waals surface area contributed by atoms with Crippen molar-refractivity contribution in [2.75, 3.05) is 0 Å². The quantitative estimate of drug-likeness (QED) is 0.499. The maximum Gasteiger partial charge on any atom is 0.277 e. The molecule has 1 aromatic rings. The molecule has 15 heavy (non-hydrogen) atoms. The van der Waals surface area contributed by atoms with Crippen LogP contribution in [0.5, 0.6) is 0 Å². The fourth-order valence-electron chi connectivity index (χ4n) is 1.03. The lowest BCUT2D eigenvalue weighted by Crippen LogP contribution is -2.15. The molecule has 84 valence electrons. The monoisotopic (exact) mass is 264 g/mol. The van der Waals surface area contributed by atoms with Gasteiger partial charge in [-0.1, -0.05) is 6.92 Å². The summed E-state index contributed by atoms with van der Waals surface area (Å²) in [5.74, 6) is 0. The minimum absolute atomic E-state index is 0.367. The maximum absolute atomic E-state index is 11.0. The minimum Gasteiger partial charge on any atom is -0.285 e. The van der Waals surface area contributed by atoms with E-state index in [2.05, 4.69) is 12.6 Å². The first-order chi connectivity index (χ1) is 6.93. The Hall–Kier alpha value is -0.170. The van der Waals surface area contributed by atoms with Crippen molar-refractivity contribution in [3.8, 4) is 0 Å². The third kappa shape index (κ3) is 4.06. The van der Waals surface area contributed by atoms with Crippen LogP contribution in [-0.4, -0.2) is 17.6 Å². The molecule has 0 fully saturated rings. The van der Waals surface area contributed by atoms with E-state index in [0.717, 1.165) is 21.6 Å².